The Labute approximate surface area is 165 Å². The van der Waals surface area contributed by atoms with Gasteiger partial charge in [-0.15, -0.1) is 0 Å². The molecule has 0 aliphatic rings. The summed E-state index contributed by atoms with van der Waals surface area (Å²) in [5.74, 6) is -0.105. The Morgan fingerprint density at radius 1 is 1.11 bits per heavy atom. The fourth-order valence-electron chi connectivity index (χ4n) is 2.75. The Bertz CT molecular complexity index is 1100. The summed E-state index contributed by atoms with van der Waals surface area (Å²) >= 11 is 2.97. The van der Waals surface area contributed by atoms with Gasteiger partial charge in [-0.25, -0.2) is 0 Å². The zero-order valence-electron chi connectivity index (χ0n) is 14.9. The van der Waals surface area contributed by atoms with Crippen LogP contribution in [0.4, 0.5) is 0 Å². The zero-order valence-corrected chi connectivity index (χ0v) is 16.5. The largest absolute Gasteiger partial charge is 0.343 e. The first kappa shape index (κ1) is 17.8. The van der Waals surface area contributed by atoms with Gasteiger partial charge >= 0.3 is 0 Å². The van der Waals surface area contributed by atoms with Crippen molar-refractivity contribution in [1.29, 1.82) is 0 Å². The van der Waals surface area contributed by atoms with Gasteiger partial charge in [0.15, 0.2) is 0 Å². The van der Waals surface area contributed by atoms with Crippen LogP contribution in [-0.4, -0.2) is 20.7 Å². The van der Waals surface area contributed by atoms with E-state index in [1.807, 2.05) is 67.2 Å². The van der Waals surface area contributed by atoms with E-state index in [9.17, 15) is 4.79 Å². The summed E-state index contributed by atoms with van der Waals surface area (Å²) in [6.45, 7) is 2.03. The average Bonchev–Trinajstić information content (AvgIpc) is 3.26. The van der Waals surface area contributed by atoms with Gasteiger partial charge in [0.25, 0.3) is 5.91 Å². The van der Waals surface area contributed by atoms with Gasteiger partial charge in [0.1, 0.15) is 5.69 Å². The highest BCUT2D eigenvalue weighted by Crippen LogP contribution is 2.33. The molecule has 27 heavy (non-hydrogen) atoms. The number of nitrogens with zero attached hydrogens (tertiary/aromatic N) is 2. The molecule has 0 spiro atoms. The first-order valence-electron chi connectivity index (χ1n) is 8.41. The predicted octanol–water partition coefficient (Wildman–Crippen LogP) is 4.80. The number of benzene rings is 2. The van der Waals surface area contributed by atoms with Crippen molar-refractivity contribution >= 4 is 40.5 Å². The van der Waals surface area contributed by atoms with Crippen LogP contribution in [0.1, 0.15) is 16.2 Å². The number of carbonyl (C=O) groups excluding carboxylic acids is 1. The predicted molar refractivity (Wildman–Crippen MR) is 110 cm³/mol. The molecule has 1 amide bonds. The van der Waals surface area contributed by atoms with Gasteiger partial charge in [-0.1, -0.05) is 30.0 Å². The van der Waals surface area contributed by atoms with Crippen LogP contribution in [0.25, 0.3) is 10.9 Å². The molecule has 0 bridgehead atoms. The van der Waals surface area contributed by atoms with Crippen molar-refractivity contribution in [3.05, 3.63) is 72.2 Å². The quantitative estimate of drug-likeness (QED) is 0.477. The molecule has 4 rings (SSSR count). The van der Waals surface area contributed by atoms with Crippen LogP contribution < -0.4 is 4.72 Å². The Morgan fingerprint density at radius 3 is 2.74 bits per heavy atom. The first-order chi connectivity index (χ1) is 13.1. The maximum atomic E-state index is 12.6. The third-order valence-corrected chi connectivity index (χ3v) is 6.28. The minimum atomic E-state index is -0.105. The molecule has 2 aromatic heterocycles. The van der Waals surface area contributed by atoms with E-state index in [1.165, 1.54) is 11.9 Å². The van der Waals surface area contributed by atoms with Crippen molar-refractivity contribution < 1.29 is 4.79 Å². The van der Waals surface area contributed by atoms with Crippen molar-refractivity contribution in [2.75, 3.05) is 0 Å². The Balaban J connectivity index is 1.52. The summed E-state index contributed by atoms with van der Waals surface area (Å²) in [4.78, 5) is 15.8. The highest BCUT2D eigenvalue weighted by molar-refractivity contribution is 7.99. The molecule has 0 atom stereocenters. The number of carbonyl (C=O) groups is 1. The normalized spacial score (nSPS) is 11.0. The second-order valence-corrected chi connectivity index (χ2v) is 8.10. The summed E-state index contributed by atoms with van der Waals surface area (Å²) in [5.41, 5.74) is 2.71. The lowest BCUT2D eigenvalue weighted by Crippen LogP contribution is -2.19. The van der Waals surface area contributed by atoms with E-state index in [-0.39, 0.29) is 5.91 Å². The molecule has 7 heteroatoms. The third-order valence-electron chi connectivity index (χ3n) is 4.37. The van der Waals surface area contributed by atoms with Crippen LogP contribution >= 0.6 is 23.7 Å². The van der Waals surface area contributed by atoms with E-state index in [2.05, 4.69) is 27.1 Å². The molecule has 136 valence electrons. The molecule has 0 fully saturated rings. The molecule has 0 radical (unpaired) electrons. The number of nitrogens with one attached hydrogen (secondary N) is 2. The Kier molecular flexibility index (Phi) is 4.96. The molecule has 0 aliphatic heterocycles. The standard InChI is InChI=1S/C20H18N4OS2/c1-13-19(26-16-8-9-17-14(10-16)12-21-22-17)11-18(24(13)2)20(25)23-27-15-6-4-3-5-7-15/h3-12H,1-2H3,(H,21,22)(H,23,25). The fourth-order valence-corrected chi connectivity index (χ4v) is 4.39. The van der Waals surface area contributed by atoms with E-state index in [4.69, 9.17) is 0 Å². The number of fused-ring (bicyclic) bond motifs is 1. The van der Waals surface area contributed by atoms with Gasteiger partial charge in [-0.2, -0.15) is 5.10 Å². The minimum absolute atomic E-state index is 0.105. The molecule has 2 aromatic carbocycles. The molecule has 4 aromatic rings. The van der Waals surface area contributed by atoms with Gasteiger partial charge in [0.05, 0.1) is 11.7 Å². The number of hydrogen-bond acceptors (Lipinski definition) is 4. The van der Waals surface area contributed by atoms with Crippen LogP contribution in [0.3, 0.4) is 0 Å². The van der Waals surface area contributed by atoms with Crippen molar-refractivity contribution in [2.45, 2.75) is 21.6 Å². The summed E-state index contributed by atoms with van der Waals surface area (Å²) in [6, 6.07) is 17.9. The van der Waals surface area contributed by atoms with Crippen LogP contribution in [0, 0.1) is 6.92 Å². The zero-order chi connectivity index (χ0) is 18.8. The molecule has 0 saturated heterocycles. The van der Waals surface area contributed by atoms with Gasteiger partial charge in [0.2, 0.25) is 0 Å². The molecule has 2 heterocycles. The van der Waals surface area contributed by atoms with Crippen molar-refractivity contribution in [3.8, 4) is 0 Å². The van der Waals surface area contributed by atoms with Crippen LogP contribution in [0.15, 0.2) is 75.5 Å². The summed E-state index contributed by atoms with van der Waals surface area (Å²) in [7, 11) is 1.92. The lowest BCUT2D eigenvalue weighted by Gasteiger charge is -2.06. The number of amides is 1. The number of hydrogen-bond donors (Lipinski definition) is 2. The Morgan fingerprint density at radius 2 is 1.93 bits per heavy atom. The number of rotatable bonds is 5. The molecule has 0 unspecified atom stereocenters. The second kappa shape index (κ2) is 7.54. The maximum absolute atomic E-state index is 12.6. The first-order valence-corrected chi connectivity index (χ1v) is 10.0. The van der Waals surface area contributed by atoms with E-state index in [0.29, 0.717) is 5.69 Å². The number of aromatic nitrogens is 3. The van der Waals surface area contributed by atoms with Gasteiger partial charge in [0, 0.05) is 32.8 Å². The highest BCUT2D eigenvalue weighted by Gasteiger charge is 2.16. The lowest BCUT2D eigenvalue weighted by atomic mass is 10.3. The van der Waals surface area contributed by atoms with E-state index in [0.717, 1.165) is 31.3 Å². The van der Waals surface area contributed by atoms with Crippen LogP contribution in [0.5, 0.6) is 0 Å². The van der Waals surface area contributed by atoms with E-state index >= 15 is 0 Å². The Hall–Kier alpha value is -2.64. The van der Waals surface area contributed by atoms with Gasteiger partial charge in [-0.3, -0.25) is 14.6 Å². The summed E-state index contributed by atoms with van der Waals surface area (Å²) in [6.07, 6.45) is 1.82. The molecule has 2 N–H and O–H groups in total. The fraction of sp³-hybridized carbons (Fsp3) is 0.100. The molecule has 5 nitrogen and oxygen atoms in total. The SMILES string of the molecule is Cc1c(Sc2ccc3[nH]ncc3c2)cc(C(=O)NSc2ccccc2)n1C. The van der Waals surface area contributed by atoms with Crippen molar-refractivity contribution in [2.24, 2.45) is 7.05 Å². The maximum Gasteiger partial charge on any atom is 0.278 e. The smallest absolute Gasteiger partial charge is 0.278 e. The van der Waals surface area contributed by atoms with Crippen molar-refractivity contribution in [3.63, 3.8) is 0 Å². The van der Waals surface area contributed by atoms with Crippen molar-refractivity contribution in [1.82, 2.24) is 19.5 Å². The highest BCUT2D eigenvalue weighted by atomic mass is 32.2. The molecular formula is C20H18N4OS2. The number of aromatic amines is 1. The van der Waals surface area contributed by atoms with Gasteiger partial charge < -0.3 is 4.57 Å². The summed E-state index contributed by atoms with van der Waals surface area (Å²) in [5, 5.41) is 8.09. The van der Waals surface area contributed by atoms with Gasteiger partial charge in [-0.05, 0) is 55.3 Å². The van der Waals surface area contributed by atoms with E-state index in [1.54, 1.807) is 11.8 Å². The number of H-pyrrole nitrogens is 1. The monoisotopic (exact) mass is 394 g/mol. The minimum Gasteiger partial charge on any atom is -0.343 e. The molecular weight excluding hydrogens is 376 g/mol. The van der Waals surface area contributed by atoms with Crippen LogP contribution in [-0.2, 0) is 7.05 Å². The summed E-state index contributed by atoms with van der Waals surface area (Å²) < 4.78 is 4.85. The molecule has 0 aliphatic carbocycles. The topological polar surface area (TPSA) is 62.7 Å². The average molecular weight is 395 g/mol. The van der Waals surface area contributed by atoms with E-state index < -0.39 is 0 Å². The second-order valence-electron chi connectivity index (χ2n) is 6.11. The molecule has 0 saturated carbocycles. The lowest BCUT2D eigenvalue weighted by molar-refractivity contribution is 0.0976. The third kappa shape index (κ3) is 3.74. The van der Waals surface area contributed by atoms with Crippen LogP contribution in [0.2, 0.25) is 0 Å².